The summed E-state index contributed by atoms with van der Waals surface area (Å²) in [4.78, 5) is 4.54. The summed E-state index contributed by atoms with van der Waals surface area (Å²) >= 11 is 0. The van der Waals surface area contributed by atoms with E-state index in [-0.39, 0.29) is 36.6 Å². The van der Waals surface area contributed by atoms with Gasteiger partial charge in [-0.1, -0.05) is 18.2 Å². The van der Waals surface area contributed by atoms with E-state index in [1.165, 1.54) is 0 Å². The quantitative estimate of drug-likeness (QED) is 0.223. The van der Waals surface area contributed by atoms with E-state index in [2.05, 4.69) is 15.6 Å². The smallest absolute Gasteiger partial charge is 0.191 e. The lowest BCUT2D eigenvalue weighted by atomic mass is 10.1. The number of aliphatic hydroxyl groups is 1. The van der Waals surface area contributed by atoms with E-state index >= 15 is 0 Å². The molecule has 0 radical (unpaired) electrons. The van der Waals surface area contributed by atoms with Gasteiger partial charge in [0.15, 0.2) is 5.96 Å². The Morgan fingerprint density at radius 2 is 1.77 bits per heavy atom. The van der Waals surface area contributed by atoms with Crippen molar-refractivity contribution in [2.24, 2.45) is 4.99 Å². The SMILES string of the molecule is CCNC(=NCC(O)c1cc(OC)cc(OC)c1)NC(C)c1cc2ccccc2o1.I. The molecule has 0 aliphatic rings. The lowest BCUT2D eigenvalue weighted by Gasteiger charge is -2.17. The van der Waals surface area contributed by atoms with E-state index in [4.69, 9.17) is 13.9 Å². The Balaban J connectivity index is 0.00000341. The molecule has 3 N–H and O–H groups in total. The maximum Gasteiger partial charge on any atom is 0.191 e. The second-order valence-corrected chi connectivity index (χ2v) is 6.93. The molecule has 31 heavy (non-hydrogen) atoms. The number of benzene rings is 2. The van der Waals surface area contributed by atoms with Crippen molar-refractivity contribution in [1.82, 2.24) is 10.6 Å². The number of nitrogens with zero attached hydrogens (tertiary/aromatic N) is 1. The van der Waals surface area contributed by atoms with Gasteiger partial charge in [0.2, 0.25) is 0 Å². The minimum Gasteiger partial charge on any atom is -0.497 e. The fourth-order valence-electron chi connectivity index (χ4n) is 3.12. The van der Waals surface area contributed by atoms with Gasteiger partial charge in [-0.3, -0.25) is 4.99 Å². The third kappa shape index (κ3) is 6.51. The molecule has 0 aliphatic heterocycles. The monoisotopic (exact) mass is 539 g/mol. The number of aliphatic hydroxyl groups excluding tert-OH is 1. The molecule has 0 aliphatic carbocycles. The van der Waals surface area contributed by atoms with Crippen LogP contribution in [-0.4, -0.2) is 38.4 Å². The maximum absolute atomic E-state index is 10.6. The van der Waals surface area contributed by atoms with Gasteiger partial charge in [-0.15, -0.1) is 24.0 Å². The van der Waals surface area contributed by atoms with Crippen molar-refractivity contribution < 1.29 is 19.0 Å². The van der Waals surface area contributed by atoms with Crippen LogP contribution in [0.15, 0.2) is 57.9 Å². The molecule has 1 aromatic heterocycles. The Morgan fingerprint density at radius 1 is 1.10 bits per heavy atom. The van der Waals surface area contributed by atoms with Crippen molar-refractivity contribution in [3.05, 3.63) is 59.9 Å². The van der Waals surface area contributed by atoms with Crippen LogP contribution in [-0.2, 0) is 0 Å². The van der Waals surface area contributed by atoms with E-state index < -0.39 is 6.10 Å². The minimum absolute atomic E-state index is 0. The average Bonchev–Trinajstić information content (AvgIpc) is 3.21. The van der Waals surface area contributed by atoms with Gasteiger partial charge in [-0.05, 0) is 43.7 Å². The van der Waals surface area contributed by atoms with Crippen LogP contribution < -0.4 is 20.1 Å². The zero-order valence-electron chi connectivity index (χ0n) is 18.2. The van der Waals surface area contributed by atoms with Gasteiger partial charge in [0.25, 0.3) is 0 Å². The molecular weight excluding hydrogens is 509 g/mol. The highest BCUT2D eigenvalue weighted by Crippen LogP contribution is 2.27. The molecule has 0 bridgehead atoms. The minimum atomic E-state index is -0.800. The molecule has 8 heteroatoms. The van der Waals surface area contributed by atoms with Crippen molar-refractivity contribution in [2.75, 3.05) is 27.3 Å². The molecule has 0 saturated carbocycles. The van der Waals surface area contributed by atoms with Crippen LogP contribution >= 0.6 is 24.0 Å². The van der Waals surface area contributed by atoms with E-state index in [0.717, 1.165) is 16.7 Å². The highest BCUT2D eigenvalue weighted by Gasteiger charge is 2.15. The second-order valence-electron chi connectivity index (χ2n) is 6.93. The topological polar surface area (TPSA) is 88.3 Å². The summed E-state index contributed by atoms with van der Waals surface area (Å²) in [5.41, 5.74) is 1.53. The number of fused-ring (bicyclic) bond motifs is 1. The predicted molar refractivity (Wildman–Crippen MR) is 134 cm³/mol. The van der Waals surface area contributed by atoms with Crippen LogP contribution in [0.4, 0.5) is 0 Å². The van der Waals surface area contributed by atoms with Gasteiger partial charge >= 0.3 is 0 Å². The number of ether oxygens (including phenoxy) is 2. The number of para-hydroxylation sites is 1. The van der Waals surface area contributed by atoms with E-state index in [9.17, 15) is 5.11 Å². The Morgan fingerprint density at radius 3 is 2.39 bits per heavy atom. The van der Waals surface area contributed by atoms with Crippen molar-refractivity contribution >= 4 is 40.9 Å². The summed E-state index contributed by atoms with van der Waals surface area (Å²) in [6.45, 7) is 4.88. The molecule has 0 fully saturated rings. The summed E-state index contributed by atoms with van der Waals surface area (Å²) in [5, 5.41) is 18.2. The van der Waals surface area contributed by atoms with Gasteiger partial charge < -0.3 is 29.6 Å². The molecule has 168 valence electrons. The summed E-state index contributed by atoms with van der Waals surface area (Å²) in [5.74, 6) is 2.66. The number of hydrogen-bond acceptors (Lipinski definition) is 5. The fourth-order valence-corrected chi connectivity index (χ4v) is 3.12. The highest BCUT2D eigenvalue weighted by atomic mass is 127. The van der Waals surface area contributed by atoms with E-state index in [1.54, 1.807) is 32.4 Å². The lowest BCUT2D eigenvalue weighted by Crippen LogP contribution is -2.39. The van der Waals surface area contributed by atoms with E-state index in [0.29, 0.717) is 29.6 Å². The maximum atomic E-state index is 10.6. The van der Waals surface area contributed by atoms with Crippen molar-refractivity contribution in [1.29, 1.82) is 0 Å². The summed E-state index contributed by atoms with van der Waals surface area (Å²) < 4.78 is 16.5. The Kier molecular flexibility index (Phi) is 9.44. The number of halogens is 1. The van der Waals surface area contributed by atoms with Gasteiger partial charge in [-0.25, -0.2) is 0 Å². The average molecular weight is 539 g/mol. The summed E-state index contributed by atoms with van der Waals surface area (Å²) in [7, 11) is 3.16. The Bertz CT molecular complexity index is 950. The molecule has 3 rings (SSSR count). The molecule has 2 atom stereocenters. The van der Waals surface area contributed by atoms with Crippen LogP contribution in [0.2, 0.25) is 0 Å². The largest absolute Gasteiger partial charge is 0.497 e. The fraction of sp³-hybridized carbons (Fsp3) is 0.348. The van der Waals surface area contributed by atoms with Gasteiger partial charge in [0.05, 0.1) is 32.9 Å². The first-order chi connectivity index (χ1) is 14.5. The molecule has 0 saturated heterocycles. The molecular formula is C23H30IN3O4. The van der Waals surface area contributed by atoms with Gasteiger partial charge in [0.1, 0.15) is 22.8 Å². The zero-order chi connectivity index (χ0) is 21.5. The Labute approximate surface area is 199 Å². The van der Waals surface area contributed by atoms with Crippen LogP contribution in [0.5, 0.6) is 11.5 Å². The number of hydrogen-bond donors (Lipinski definition) is 3. The third-order valence-electron chi connectivity index (χ3n) is 4.75. The standard InChI is InChI=1S/C23H29N3O4.HI/c1-5-24-23(26-15(2)22-12-16-8-6-7-9-21(16)30-22)25-14-20(27)17-10-18(28-3)13-19(11-17)29-4;/h6-13,15,20,27H,5,14H2,1-4H3,(H2,24,25,26);1H. The van der Waals surface area contributed by atoms with Crippen molar-refractivity contribution in [3.63, 3.8) is 0 Å². The first kappa shape index (κ1) is 24.8. The Hall–Kier alpha value is -2.46. The number of furan rings is 1. The van der Waals surface area contributed by atoms with Crippen LogP contribution in [0.3, 0.4) is 0 Å². The van der Waals surface area contributed by atoms with E-state index in [1.807, 2.05) is 44.2 Å². The van der Waals surface area contributed by atoms with Crippen molar-refractivity contribution in [3.8, 4) is 11.5 Å². The molecule has 1 heterocycles. The number of methoxy groups -OCH3 is 2. The van der Waals surface area contributed by atoms with Crippen LogP contribution in [0.1, 0.15) is 37.3 Å². The second kappa shape index (κ2) is 11.8. The number of guanidine groups is 1. The first-order valence-electron chi connectivity index (χ1n) is 9.98. The van der Waals surface area contributed by atoms with Crippen molar-refractivity contribution in [2.45, 2.75) is 26.0 Å². The zero-order valence-corrected chi connectivity index (χ0v) is 20.5. The lowest BCUT2D eigenvalue weighted by molar-refractivity contribution is 0.186. The molecule has 2 unspecified atom stereocenters. The third-order valence-corrected chi connectivity index (χ3v) is 4.75. The summed E-state index contributed by atoms with van der Waals surface area (Å²) in [6.07, 6.45) is -0.800. The first-order valence-corrected chi connectivity index (χ1v) is 9.98. The van der Waals surface area contributed by atoms with Crippen LogP contribution in [0, 0.1) is 0 Å². The van der Waals surface area contributed by atoms with Gasteiger partial charge in [0, 0.05) is 18.0 Å². The molecule has 0 spiro atoms. The normalized spacial score (nSPS) is 13.3. The van der Waals surface area contributed by atoms with Gasteiger partial charge in [-0.2, -0.15) is 0 Å². The summed E-state index contributed by atoms with van der Waals surface area (Å²) in [6, 6.07) is 15.2. The number of aliphatic imine (C=N–C) groups is 1. The molecule has 2 aromatic carbocycles. The molecule has 3 aromatic rings. The predicted octanol–water partition coefficient (Wildman–Crippen LogP) is 4.42. The molecule has 0 amide bonds. The number of nitrogens with one attached hydrogen (secondary N) is 2. The van der Waals surface area contributed by atoms with Crippen LogP contribution in [0.25, 0.3) is 11.0 Å². The highest BCUT2D eigenvalue weighted by molar-refractivity contribution is 14.0. The molecule has 7 nitrogen and oxygen atoms in total. The number of rotatable bonds is 8.